The van der Waals surface area contributed by atoms with E-state index >= 15 is 0 Å². The van der Waals surface area contributed by atoms with Crippen molar-refractivity contribution in [2.24, 2.45) is 0 Å². The Labute approximate surface area is 137 Å². The third-order valence-electron chi connectivity index (χ3n) is 3.88. The van der Waals surface area contributed by atoms with Gasteiger partial charge in [-0.15, -0.1) is 0 Å². The molecule has 0 bridgehead atoms. The van der Waals surface area contributed by atoms with Gasteiger partial charge in [-0.05, 0) is 56.0 Å². The van der Waals surface area contributed by atoms with Crippen LogP contribution in [0.15, 0.2) is 30.9 Å². The lowest BCUT2D eigenvalue weighted by Crippen LogP contribution is -2.46. The van der Waals surface area contributed by atoms with Gasteiger partial charge in [-0.25, -0.2) is 0 Å². The molecule has 0 spiro atoms. The fraction of sp³-hybridized carbons (Fsp3) is 0.444. The smallest absolute Gasteiger partial charge is 0.246 e. The Balaban J connectivity index is 1.78. The molecule has 0 radical (unpaired) electrons. The van der Waals surface area contributed by atoms with Crippen molar-refractivity contribution in [1.82, 2.24) is 10.2 Å². The predicted octanol–water partition coefficient (Wildman–Crippen LogP) is 1.98. The molecule has 0 saturated carbocycles. The summed E-state index contributed by atoms with van der Waals surface area (Å²) in [7, 11) is 0. The molecule has 1 fully saturated rings. The molecule has 5 heteroatoms. The molecular weight excluding hydrogens is 292 g/mol. The molecule has 1 aliphatic heterocycles. The van der Waals surface area contributed by atoms with Crippen LogP contribution in [-0.4, -0.2) is 42.5 Å². The standard InChI is InChI=1S/C18H24N2O3/c1-4-17(21)20-8-5-6-16(20)18(22)19-7-9-23-15-11-13(2)10-14(3)12-15/h4,10-12,16H,1,5-9H2,2-3H3,(H,19,22). The third-order valence-corrected chi connectivity index (χ3v) is 3.88. The lowest BCUT2D eigenvalue weighted by Gasteiger charge is -2.22. The second-order valence-corrected chi connectivity index (χ2v) is 5.86. The maximum absolute atomic E-state index is 12.2. The molecule has 5 nitrogen and oxygen atoms in total. The third kappa shape index (κ3) is 4.58. The van der Waals surface area contributed by atoms with Gasteiger partial charge in [0.1, 0.15) is 18.4 Å². The Kier molecular flexibility index (Phi) is 5.79. The van der Waals surface area contributed by atoms with Crippen LogP contribution in [-0.2, 0) is 9.59 Å². The number of benzene rings is 1. The lowest BCUT2D eigenvalue weighted by atomic mass is 10.1. The number of nitrogens with zero attached hydrogens (tertiary/aromatic N) is 1. The Morgan fingerprint density at radius 2 is 2.04 bits per heavy atom. The number of likely N-dealkylation sites (tertiary alicyclic amines) is 1. The van der Waals surface area contributed by atoms with E-state index in [0.29, 0.717) is 26.1 Å². The molecule has 1 N–H and O–H groups in total. The molecule has 1 heterocycles. The highest BCUT2D eigenvalue weighted by Gasteiger charge is 2.32. The van der Waals surface area contributed by atoms with Gasteiger partial charge in [-0.2, -0.15) is 0 Å². The first-order valence-corrected chi connectivity index (χ1v) is 7.93. The zero-order valence-electron chi connectivity index (χ0n) is 13.8. The van der Waals surface area contributed by atoms with E-state index in [2.05, 4.69) is 18.0 Å². The first-order chi connectivity index (χ1) is 11.0. The first-order valence-electron chi connectivity index (χ1n) is 7.93. The number of aryl methyl sites for hydroxylation is 2. The van der Waals surface area contributed by atoms with Gasteiger partial charge < -0.3 is 15.0 Å². The number of carbonyl (C=O) groups is 2. The second-order valence-electron chi connectivity index (χ2n) is 5.86. The number of ether oxygens (including phenoxy) is 1. The topological polar surface area (TPSA) is 58.6 Å². The van der Waals surface area contributed by atoms with Crippen molar-refractivity contribution in [3.05, 3.63) is 42.0 Å². The van der Waals surface area contributed by atoms with Crippen LogP contribution in [0.2, 0.25) is 0 Å². The highest BCUT2D eigenvalue weighted by Crippen LogP contribution is 2.18. The lowest BCUT2D eigenvalue weighted by molar-refractivity contribution is -0.135. The van der Waals surface area contributed by atoms with Gasteiger partial charge >= 0.3 is 0 Å². The zero-order chi connectivity index (χ0) is 16.8. The second kappa shape index (κ2) is 7.81. The van der Waals surface area contributed by atoms with E-state index in [1.165, 1.54) is 6.08 Å². The monoisotopic (exact) mass is 316 g/mol. The molecule has 1 aromatic carbocycles. The minimum Gasteiger partial charge on any atom is -0.492 e. The van der Waals surface area contributed by atoms with Gasteiger partial charge in [0.25, 0.3) is 0 Å². The maximum atomic E-state index is 12.2. The van der Waals surface area contributed by atoms with Gasteiger partial charge in [-0.3, -0.25) is 9.59 Å². The van der Waals surface area contributed by atoms with E-state index in [-0.39, 0.29) is 17.9 Å². The number of carbonyl (C=O) groups excluding carboxylic acids is 2. The fourth-order valence-electron chi connectivity index (χ4n) is 2.90. The van der Waals surface area contributed by atoms with E-state index in [1.54, 1.807) is 4.90 Å². The van der Waals surface area contributed by atoms with Crippen molar-refractivity contribution in [1.29, 1.82) is 0 Å². The van der Waals surface area contributed by atoms with Gasteiger partial charge in [0.05, 0.1) is 6.54 Å². The highest BCUT2D eigenvalue weighted by atomic mass is 16.5. The average Bonchev–Trinajstić information content (AvgIpc) is 2.99. The van der Waals surface area contributed by atoms with Crippen LogP contribution >= 0.6 is 0 Å². The summed E-state index contributed by atoms with van der Waals surface area (Å²) in [6.45, 7) is 8.95. The van der Waals surface area contributed by atoms with Crippen LogP contribution < -0.4 is 10.1 Å². The van der Waals surface area contributed by atoms with Gasteiger partial charge in [0.15, 0.2) is 0 Å². The normalized spacial score (nSPS) is 17.0. The largest absolute Gasteiger partial charge is 0.492 e. The van der Waals surface area contributed by atoms with E-state index in [0.717, 1.165) is 23.3 Å². The number of amides is 2. The van der Waals surface area contributed by atoms with Crippen molar-refractivity contribution < 1.29 is 14.3 Å². The SMILES string of the molecule is C=CC(=O)N1CCCC1C(=O)NCCOc1cc(C)cc(C)c1. The van der Waals surface area contributed by atoms with Crippen LogP contribution in [0, 0.1) is 13.8 Å². The number of hydrogen-bond acceptors (Lipinski definition) is 3. The quantitative estimate of drug-likeness (QED) is 0.645. The van der Waals surface area contributed by atoms with Crippen molar-refractivity contribution in [2.75, 3.05) is 19.7 Å². The average molecular weight is 316 g/mol. The predicted molar refractivity (Wildman–Crippen MR) is 89.4 cm³/mol. The molecule has 1 aromatic rings. The number of rotatable bonds is 6. The molecule has 1 atom stereocenters. The van der Waals surface area contributed by atoms with Crippen LogP contribution in [0.5, 0.6) is 5.75 Å². The Hall–Kier alpha value is -2.30. The number of nitrogens with one attached hydrogen (secondary N) is 1. The summed E-state index contributed by atoms with van der Waals surface area (Å²) in [5.74, 6) is 0.497. The molecule has 0 aliphatic carbocycles. The molecule has 1 saturated heterocycles. The zero-order valence-corrected chi connectivity index (χ0v) is 13.8. The maximum Gasteiger partial charge on any atom is 0.246 e. The molecule has 1 unspecified atom stereocenters. The fourth-order valence-corrected chi connectivity index (χ4v) is 2.90. The molecule has 23 heavy (non-hydrogen) atoms. The van der Waals surface area contributed by atoms with Crippen molar-refractivity contribution in [3.8, 4) is 5.75 Å². The summed E-state index contributed by atoms with van der Waals surface area (Å²) in [4.78, 5) is 25.5. The summed E-state index contributed by atoms with van der Waals surface area (Å²) < 4.78 is 5.66. The number of hydrogen-bond donors (Lipinski definition) is 1. The van der Waals surface area contributed by atoms with Gasteiger partial charge in [0.2, 0.25) is 11.8 Å². The minimum atomic E-state index is -0.387. The summed E-state index contributed by atoms with van der Waals surface area (Å²) in [6, 6.07) is 5.63. The summed E-state index contributed by atoms with van der Waals surface area (Å²) in [6.07, 6.45) is 2.80. The van der Waals surface area contributed by atoms with Crippen molar-refractivity contribution in [3.63, 3.8) is 0 Å². The van der Waals surface area contributed by atoms with Crippen molar-refractivity contribution >= 4 is 11.8 Å². The van der Waals surface area contributed by atoms with Crippen LogP contribution in [0.25, 0.3) is 0 Å². The summed E-state index contributed by atoms with van der Waals surface area (Å²) >= 11 is 0. The summed E-state index contributed by atoms with van der Waals surface area (Å²) in [5, 5.41) is 2.84. The molecule has 2 rings (SSSR count). The Bertz CT molecular complexity index is 578. The van der Waals surface area contributed by atoms with Crippen molar-refractivity contribution in [2.45, 2.75) is 32.7 Å². The molecular formula is C18H24N2O3. The van der Waals surface area contributed by atoms with Gasteiger partial charge in [-0.1, -0.05) is 12.6 Å². The summed E-state index contributed by atoms with van der Waals surface area (Å²) in [5.41, 5.74) is 2.29. The molecule has 1 aliphatic rings. The highest BCUT2D eigenvalue weighted by molar-refractivity contribution is 5.93. The Morgan fingerprint density at radius 3 is 2.70 bits per heavy atom. The molecule has 124 valence electrons. The molecule has 2 amide bonds. The van der Waals surface area contributed by atoms with E-state index < -0.39 is 0 Å². The molecule has 0 aromatic heterocycles. The van der Waals surface area contributed by atoms with Crippen LogP contribution in [0.4, 0.5) is 0 Å². The van der Waals surface area contributed by atoms with Gasteiger partial charge in [0, 0.05) is 6.54 Å². The first kappa shape index (κ1) is 17.1. The van der Waals surface area contributed by atoms with E-state index in [4.69, 9.17) is 4.74 Å². The van der Waals surface area contributed by atoms with Crippen LogP contribution in [0.3, 0.4) is 0 Å². The van der Waals surface area contributed by atoms with Crippen LogP contribution in [0.1, 0.15) is 24.0 Å². The minimum absolute atomic E-state index is 0.123. The Morgan fingerprint density at radius 1 is 1.35 bits per heavy atom. The van der Waals surface area contributed by atoms with E-state index in [9.17, 15) is 9.59 Å². The van der Waals surface area contributed by atoms with E-state index in [1.807, 2.05) is 26.0 Å².